The zero-order chi connectivity index (χ0) is 20.5. The highest BCUT2D eigenvalue weighted by atomic mass is 16.6. The van der Waals surface area contributed by atoms with Gasteiger partial charge >= 0.3 is 0 Å². The normalized spacial score (nSPS) is 14.6. The number of methoxy groups -OCH3 is 1. The summed E-state index contributed by atoms with van der Waals surface area (Å²) in [5.74, 6) is -0.279. The number of nitro benzene ring substituents is 1. The predicted octanol–water partition coefficient (Wildman–Crippen LogP) is 0.547. The Morgan fingerprint density at radius 1 is 1.25 bits per heavy atom. The summed E-state index contributed by atoms with van der Waals surface area (Å²) in [5.41, 5.74) is 0.489. The number of carbonyl (C=O) groups is 2. The van der Waals surface area contributed by atoms with Crippen LogP contribution in [0.15, 0.2) is 18.2 Å². The zero-order valence-electron chi connectivity index (χ0n) is 16.3. The minimum Gasteiger partial charge on any atom is -0.383 e. The molecule has 1 aliphatic heterocycles. The minimum atomic E-state index is -0.504. The first-order valence-corrected chi connectivity index (χ1v) is 9.25. The van der Waals surface area contributed by atoms with Crippen molar-refractivity contribution in [2.24, 2.45) is 0 Å². The second-order valence-corrected chi connectivity index (χ2v) is 6.43. The third-order valence-corrected chi connectivity index (χ3v) is 4.46. The van der Waals surface area contributed by atoms with Gasteiger partial charge in [0.1, 0.15) is 5.69 Å². The molecule has 0 saturated carbocycles. The number of carbonyl (C=O) groups excluding carboxylic acids is 2. The van der Waals surface area contributed by atoms with E-state index >= 15 is 0 Å². The molecule has 0 aromatic heterocycles. The van der Waals surface area contributed by atoms with Crippen LogP contribution in [0.2, 0.25) is 0 Å². The maximum atomic E-state index is 12.7. The van der Waals surface area contributed by atoms with Crippen LogP contribution < -0.4 is 10.6 Å². The van der Waals surface area contributed by atoms with Crippen molar-refractivity contribution in [3.63, 3.8) is 0 Å². The smallest absolute Gasteiger partial charge is 0.293 e. The topological polar surface area (TPSA) is 117 Å². The second kappa shape index (κ2) is 10.6. The van der Waals surface area contributed by atoms with Gasteiger partial charge in [0.2, 0.25) is 5.91 Å². The van der Waals surface area contributed by atoms with Gasteiger partial charge in [-0.25, -0.2) is 0 Å². The van der Waals surface area contributed by atoms with Crippen LogP contribution >= 0.6 is 0 Å². The van der Waals surface area contributed by atoms with Crippen molar-refractivity contribution in [3.05, 3.63) is 33.9 Å². The lowest BCUT2D eigenvalue weighted by atomic mass is 10.1. The van der Waals surface area contributed by atoms with Gasteiger partial charge in [0.05, 0.1) is 18.1 Å². The quantitative estimate of drug-likeness (QED) is 0.357. The average Bonchev–Trinajstić information content (AvgIpc) is 2.68. The van der Waals surface area contributed by atoms with Crippen LogP contribution in [0.5, 0.6) is 0 Å². The van der Waals surface area contributed by atoms with Crippen LogP contribution in [-0.2, 0) is 9.53 Å². The molecule has 1 aliphatic rings. The molecule has 0 atom stereocenters. The van der Waals surface area contributed by atoms with Crippen molar-refractivity contribution in [3.8, 4) is 0 Å². The lowest BCUT2D eigenvalue weighted by Crippen LogP contribution is -2.51. The van der Waals surface area contributed by atoms with Crippen molar-refractivity contribution in [1.82, 2.24) is 15.1 Å². The number of hydrogen-bond acceptors (Lipinski definition) is 7. The van der Waals surface area contributed by atoms with Crippen molar-refractivity contribution in [1.29, 1.82) is 0 Å². The Morgan fingerprint density at radius 3 is 2.57 bits per heavy atom. The predicted molar refractivity (Wildman–Crippen MR) is 104 cm³/mol. The largest absolute Gasteiger partial charge is 0.383 e. The summed E-state index contributed by atoms with van der Waals surface area (Å²) in [4.78, 5) is 38.9. The van der Waals surface area contributed by atoms with Crippen LogP contribution in [-0.4, -0.2) is 86.1 Å². The number of anilines is 1. The Balaban J connectivity index is 1.99. The molecule has 0 aliphatic carbocycles. The van der Waals surface area contributed by atoms with E-state index < -0.39 is 4.92 Å². The van der Waals surface area contributed by atoms with Gasteiger partial charge in [-0.05, 0) is 19.1 Å². The van der Waals surface area contributed by atoms with Crippen LogP contribution in [0, 0.1) is 10.1 Å². The molecule has 28 heavy (non-hydrogen) atoms. The summed E-state index contributed by atoms with van der Waals surface area (Å²) in [6.07, 6.45) is 0. The Hall–Kier alpha value is -2.72. The number of hydrogen-bond donors (Lipinski definition) is 2. The fraction of sp³-hybridized carbons (Fsp3) is 0.556. The first kappa shape index (κ1) is 21.6. The van der Waals surface area contributed by atoms with Gasteiger partial charge < -0.3 is 20.3 Å². The number of nitrogens with zero attached hydrogens (tertiary/aromatic N) is 3. The average molecular weight is 393 g/mol. The van der Waals surface area contributed by atoms with E-state index in [4.69, 9.17) is 4.74 Å². The minimum absolute atomic E-state index is 0.0329. The van der Waals surface area contributed by atoms with E-state index in [0.29, 0.717) is 58.1 Å². The van der Waals surface area contributed by atoms with E-state index in [1.165, 1.54) is 6.07 Å². The maximum Gasteiger partial charge on any atom is 0.293 e. The second-order valence-electron chi connectivity index (χ2n) is 6.43. The number of nitrogens with one attached hydrogen (secondary N) is 2. The van der Waals surface area contributed by atoms with Gasteiger partial charge in [-0.2, -0.15) is 0 Å². The molecule has 1 aromatic carbocycles. The number of amides is 2. The molecule has 1 heterocycles. The summed E-state index contributed by atoms with van der Waals surface area (Å²) in [6.45, 7) is 5.72. The van der Waals surface area contributed by atoms with Gasteiger partial charge in [-0.15, -0.1) is 0 Å². The van der Waals surface area contributed by atoms with Crippen LogP contribution in [0.3, 0.4) is 0 Å². The molecule has 2 amide bonds. The van der Waals surface area contributed by atoms with Crippen molar-refractivity contribution < 1.29 is 19.2 Å². The monoisotopic (exact) mass is 393 g/mol. The number of nitro groups is 1. The Morgan fingerprint density at radius 2 is 1.96 bits per heavy atom. The SMILES string of the molecule is CCNC(=O)CN1CCN(C(=O)c2ccc(NCCOC)c([N+](=O)[O-])c2)CC1. The maximum absolute atomic E-state index is 12.7. The lowest BCUT2D eigenvalue weighted by molar-refractivity contribution is -0.384. The summed E-state index contributed by atoms with van der Waals surface area (Å²) in [6, 6.07) is 4.44. The summed E-state index contributed by atoms with van der Waals surface area (Å²) < 4.78 is 4.93. The highest BCUT2D eigenvalue weighted by molar-refractivity contribution is 5.95. The Kier molecular flexibility index (Phi) is 8.15. The van der Waals surface area contributed by atoms with E-state index in [1.807, 2.05) is 11.8 Å². The van der Waals surface area contributed by atoms with Crippen LogP contribution in [0.4, 0.5) is 11.4 Å². The molecular formula is C18H27N5O5. The van der Waals surface area contributed by atoms with Gasteiger partial charge in [0.15, 0.2) is 0 Å². The fourth-order valence-corrected chi connectivity index (χ4v) is 3.00. The molecule has 2 N–H and O–H groups in total. The molecule has 154 valence electrons. The number of likely N-dealkylation sites (N-methyl/N-ethyl adjacent to an activating group) is 1. The zero-order valence-corrected chi connectivity index (χ0v) is 16.3. The molecule has 10 nitrogen and oxygen atoms in total. The van der Waals surface area contributed by atoms with E-state index in [2.05, 4.69) is 10.6 Å². The van der Waals surface area contributed by atoms with Crippen molar-refractivity contribution in [2.45, 2.75) is 6.92 Å². The first-order valence-electron chi connectivity index (χ1n) is 9.25. The molecule has 0 spiro atoms. The van der Waals surface area contributed by atoms with E-state index in [-0.39, 0.29) is 23.1 Å². The van der Waals surface area contributed by atoms with E-state index in [1.54, 1.807) is 24.1 Å². The van der Waals surface area contributed by atoms with Crippen LogP contribution in [0.25, 0.3) is 0 Å². The number of ether oxygens (including phenoxy) is 1. The standard InChI is InChI=1S/C18H27N5O5/c1-3-19-17(24)13-21-7-9-22(10-8-21)18(25)14-4-5-15(20-6-11-28-2)16(12-14)23(26)27/h4-5,12,20H,3,6-11,13H2,1-2H3,(H,19,24). The Labute approximate surface area is 164 Å². The molecule has 1 fully saturated rings. The van der Waals surface area contributed by atoms with Crippen molar-refractivity contribution >= 4 is 23.2 Å². The molecule has 10 heteroatoms. The number of benzene rings is 1. The van der Waals surface area contributed by atoms with E-state index in [0.717, 1.165) is 0 Å². The third kappa shape index (κ3) is 5.89. The third-order valence-electron chi connectivity index (χ3n) is 4.46. The van der Waals surface area contributed by atoms with Crippen molar-refractivity contribution in [2.75, 3.05) is 64.8 Å². The fourth-order valence-electron chi connectivity index (χ4n) is 3.00. The number of rotatable bonds is 9. The molecule has 0 bridgehead atoms. The Bertz CT molecular complexity index is 704. The molecule has 0 unspecified atom stereocenters. The molecule has 0 radical (unpaired) electrons. The van der Waals surface area contributed by atoms with Gasteiger partial charge in [0.25, 0.3) is 11.6 Å². The van der Waals surface area contributed by atoms with Gasteiger partial charge in [-0.1, -0.05) is 0 Å². The highest BCUT2D eigenvalue weighted by Gasteiger charge is 2.25. The molecule has 1 aromatic rings. The van der Waals surface area contributed by atoms with Gasteiger partial charge in [0, 0.05) is 58.0 Å². The van der Waals surface area contributed by atoms with Gasteiger partial charge in [-0.3, -0.25) is 24.6 Å². The number of piperazine rings is 1. The first-order chi connectivity index (χ1) is 13.5. The summed E-state index contributed by atoms with van der Waals surface area (Å²) in [7, 11) is 1.55. The van der Waals surface area contributed by atoms with E-state index in [9.17, 15) is 19.7 Å². The summed E-state index contributed by atoms with van der Waals surface area (Å²) in [5, 5.41) is 17.1. The lowest BCUT2D eigenvalue weighted by Gasteiger charge is -2.34. The summed E-state index contributed by atoms with van der Waals surface area (Å²) >= 11 is 0. The molecule has 2 rings (SSSR count). The van der Waals surface area contributed by atoms with Crippen LogP contribution in [0.1, 0.15) is 17.3 Å². The molecule has 1 saturated heterocycles. The molecular weight excluding hydrogens is 366 g/mol. The highest BCUT2D eigenvalue weighted by Crippen LogP contribution is 2.26.